The van der Waals surface area contributed by atoms with Crippen molar-refractivity contribution in [2.75, 3.05) is 12.4 Å². The van der Waals surface area contributed by atoms with Gasteiger partial charge in [-0.1, -0.05) is 6.07 Å². The normalized spacial score (nSPS) is 19.1. The highest BCUT2D eigenvalue weighted by Gasteiger charge is 2.55. The molecular weight excluding hydrogens is 224 g/mol. The summed E-state index contributed by atoms with van der Waals surface area (Å²) >= 11 is 0. The van der Waals surface area contributed by atoms with Gasteiger partial charge in [0.15, 0.2) is 0 Å². The summed E-state index contributed by atoms with van der Waals surface area (Å²) in [5.74, 6) is 1.89. The molecule has 2 aliphatic carbocycles. The van der Waals surface area contributed by atoms with Crippen molar-refractivity contribution in [1.29, 1.82) is 5.26 Å². The Labute approximate surface area is 108 Å². The van der Waals surface area contributed by atoms with Crippen LogP contribution in [0.1, 0.15) is 25.7 Å². The third-order valence-electron chi connectivity index (χ3n) is 4.05. The van der Waals surface area contributed by atoms with Gasteiger partial charge in [0.2, 0.25) is 0 Å². The monoisotopic (exact) mass is 242 g/mol. The number of hydrogen-bond donors (Lipinski definition) is 1. The van der Waals surface area contributed by atoms with Crippen molar-refractivity contribution >= 4 is 5.69 Å². The molecule has 0 heterocycles. The highest BCUT2D eigenvalue weighted by Crippen LogP contribution is 2.53. The molecule has 0 aromatic heterocycles. The maximum atomic E-state index is 9.64. The van der Waals surface area contributed by atoms with Crippen LogP contribution < -0.4 is 10.1 Å². The number of anilines is 1. The number of hydrogen-bond acceptors (Lipinski definition) is 3. The molecule has 0 bridgehead atoms. The largest absolute Gasteiger partial charge is 0.497 e. The van der Waals surface area contributed by atoms with Crippen molar-refractivity contribution in [1.82, 2.24) is 0 Å². The molecule has 0 unspecified atom stereocenters. The molecule has 3 nitrogen and oxygen atoms in total. The summed E-state index contributed by atoms with van der Waals surface area (Å²) in [6.07, 6.45) is 4.73. The fourth-order valence-electron chi connectivity index (χ4n) is 2.76. The Morgan fingerprint density at radius 1 is 1.28 bits per heavy atom. The van der Waals surface area contributed by atoms with E-state index in [0.29, 0.717) is 11.8 Å². The fraction of sp³-hybridized carbons (Fsp3) is 0.533. The van der Waals surface area contributed by atoms with Crippen LogP contribution in [0.5, 0.6) is 5.75 Å². The molecule has 0 aliphatic heterocycles. The van der Waals surface area contributed by atoms with Gasteiger partial charge in [-0.2, -0.15) is 5.26 Å². The van der Waals surface area contributed by atoms with Gasteiger partial charge in [0, 0.05) is 11.8 Å². The van der Waals surface area contributed by atoms with E-state index in [2.05, 4.69) is 11.4 Å². The lowest BCUT2D eigenvalue weighted by Gasteiger charge is -2.29. The molecule has 2 fully saturated rings. The summed E-state index contributed by atoms with van der Waals surface area (Å²) in [6.45, 7) is 0. The standard InChI is InChI=1S/C15H18N2O/c1-18-14-4-2-3-13(9-14)17-15(10-16,11-5-6-11)12-7-8-12/h2-4,9,11-12,17H,5-8H2,1H3. The summed E-state index contributed by atoms with van der Waals surface area (Å²) in [5, 5.41) is 13.1. The molecule has 1 aromatic carbocycles. The lowest BCUT2D eigenvalue weighted by Crippen LogP contribution is -2.41. The molecule has 2 aliphatic rings. The highest BCUT2D eigenvalue weighted by molar-refractivity contribution is 5.53. The van der Waals surface area contributed by atoms with Gasteiger partial charge < -0.3 is 10.1 Å². The van der Waals surface area contributed by atoms with Gasteiger partial charge in [0.1, 0.15) is 11.3 Å². The Hall–Kier alpha value is -1.69. The highest BCUT2D eigenvalue weighted by atomic mass is 16.5. The topological polar surface area (TPSA) is 45.0 Å². The first-order valence-corrected chi connectivity index (χ1v) is 6.62. The lowest BCUT2D eigenvalue weighted by atomic mass is 9.88. The first-order chi connectivity index (χ1) is 8.78. The molecule has 2 saturated carbocycles. The first kappa shape index (κ1) is 11.4. The smallest absolute Gasteiger partial charge is 0.131 e. The van der Waals surface area contributed by atoms with E-state index in [1.165, 1.54) is 25.7 Å². The molecule has 1 aromatic rings. The molecule has 0 radical (unpaired) electrons. The van der Waals surface area contributed by atoms with Gasteiger partial charge in [0.25, 0.3) is 0 Å². The van der Waals surface area contributed by atoms with E-state index in [0.717, 1.165) is 11.4 Å². The molecule has 1 N–H and O–H groups in total. The number of methoxy groups -OCH3 is 1. The Morgan fingerprint density at radius 3 is 2.44 bits per heavy atom. The number of benzene rings is 1. The van der Waals surface area contributed by atoms with Crippen molar-refractivity contribution in [3.63, 3.8) is 0 Å². The zero-order valence-electron chi connectivity index (χ0n) is 10.6. The van der Waals surface area contributed by atoms with Crippen LogP contribution in [0, 0.1) is 23.2 Å². The number of nitrogens with zero attached hydrogens (tertiary/aromatic N) is 1. The van der Waals surface area contributed by atoms with Crippen LogP contribution in [0.25, 0.3) is 0 Å². The third kappa shape index (κ3) is 1.92. The number of nitriles is 1. The molecule has 18 heavy (non-hydrogen) atoms. The number of ether oxygens (including phenoxy) is 1. The minimum Gasteiger partial charge on any atom is -0.497 e. The van der Waals surface area contributed by atoms with E-state index in [1.807, 2.05) is 24.3 Å². The zero-order valence-corrected chi connectivity index (χ0v) is 10.6. The Kier molecular flexibility index (Phi) is 2.66. The van der Waals surface area contributed by atoms with Crippen molar-refractivity contribution in [2.24, 2.45) is 11.8 Å². The minimum absolute atomic E-state index is 0.341. The van der Waals surface area contributed by atoms with Gasteiger partial charge in [-0.15, -0.1) is 0 Å². The first-order valence-electron chi connectivity index (χ1n) is 6.62. The van der Waals surface area contributed by atoms with Gasteiger partial charge in [-0.3, -0.25) is 0 Å². The zero-order chi connectivity index (χ0) is 12.6. The SMILES string of the molecule is COc1cccc(NC(C#N)(C2CC2)C2CC2)c1. The van der Waals surface area contributed by atoms with Gasteiger partial charge in [-0.05, 0) is 49.7 Å². The van der Waals surface area contributed by atoms with E-state index in [9.17, 15) is 5.26 Å². The van der Waals surface area contributed by atoms with E-state index >= 15 is 0 Å². The fourth-order valence-corrected chi connectivity index (χ4v) is 2.76. The molecule has 0 atom stereocenters. The number of nitrogens with one attached hydrogen (secondary N) is 1. The second kappa shape index (κ2) is 4.20. The average Bonchev–Trinajstić information content (AvgIpc) is 3.28. The molecule has 3 rings (SSSR count). The molecular formula is C15H18N2O. The van der Waals surface area contributed by atoms with Gasteiger partial charge >= 0.3 is 0 Å². The van der Waals surface area contributed by atoms with E-state index in [1.54, 1.807) is 7.11 Å². The quantitative estimate of drug-likeness (QED) is 0.862. The van der Waals surface area contributed by atoms with Crippen LogP contribution in [0.3, 0.4) is 0 Å². The summed E-state index contributed by atoms with van der Waals surface area (Å²) in [7, 11) is 1.67. The lowest BCUT2D eigenvalue weighted by molar-refractivity contribution is 0.414. The number of rotatable bonds is 5. The second-order valence-electron chi connectivity index (χ2n) is 5.39. The third-order valence-corrected chi connectivity index (χ3v) is 4.05. The molecule has 0 amide bonds. The van der Waals surface area contributed by atoms with E-state index < -0.39 is 0 Å². The van der Waals surface area contributed by atoms with Crippen LogP contribution in [0.4, 0.5) is 5.69 Å². The van der Waals surface area contributed by atoms with Crippen molar-refractivity contribution in [2.45, 2.75) is 31.2 Å². The summed E-state index contributed by atoms with van der Waals surface area (Å²) in [4.78, 5) is 0. The van der Waals surface area contributed by atoms with Crippen molar-refractivity contribution in [3.8, 4) is 11.8 Å². The van der Waals surface area contributed by atoms with E-state index in [-0.39, 0.29) is 5.54 Å². The summed E-state index contributed by atoms with van der Waals surface area (Å²) in [6, 6.07) is 10.4. The van der Waals surface area contributed by atoms with Crippen LogP contribution in [0.2, 0.25) is 0 Å². The van der Waals surface area contributed by atoms with Gasteiger partial charge in [0.05, 0.1) is 13.2 Å². The molecule has 0 spiro atoms. The molecule has 0 saturated heterocycles. The average molecular weight is 242 g/mol. The van der Waals surface area contributed by atoms with Crippen LogP contribution >= 0.6 is 0 Å². The van der Waals surface area contributed by atoms with Crippen molar-refractivity contribution < 1.29 is 4.74 Å². The van der Waals surface area contributed by atoms with Crippen LogP contribution in [0.15, 0.2) is 24.3 Å². The van der Waals surface area contributed by atoms with Crippen LogP contribution in [-0.4, -0.2) is 12.6 Å². The van der Waals surface area contributed by atoms with E-state index in [4.69, 9.17) is 4.74 Å². The Bertz CT molecular complexity index is 472. The summed E-state index contributed by atoms with van der Waals surface area (Å²) in [5.41, 5.74) is 0.654. The second-order valence-corrected chi connectivity index (χ2v) is 5.39. The van der Waals surface area contributed by atoms with Crippen LogP contribution in [-0.2, 0) is 0 Å². The van der Waals surface area contributed by atoms with Crippen molar-refractivity contribution in [3.05, 3.63) is 24.3 Å². The molecule has 94 valence electrons. The maximum absolute atomic E-state index is 9.64. The summed E-state index contributed by atoms with van der Waals surface area (Å²) < 4.78 is 5.23. The maximum Gasteiger partial charge on any atom is 0.131 e. The Balaban J connectivity index is 1.86. The minimum atomic E-state index is -0.341. The molecule has 3 heteroatoms. The predicted octanol–water partition coefficient (Wildman–Crippen LogP) is 3.19. The van der Waals surface area contributed by atoms with Gasteiger partial charge in [-0.25, -0.2) is 0 Å². The predicted molar refractivity (Wildman–Crippen MR) is 70.4 cm³/mol. The Morgan fingerprint density at radius 2 is 1.94 bits per heavy atom.